The summed E-state index contributed by atoms with van der Waals surface area (Å²) in [6.45, 7) is 1.11. The molecule has 8 atom stereocenters. The largest absolute Gasteiger partial charge is 0.391 e. The standard InChI is InChI=1S/C10H19O9/c1-3(12)5(14)7(16)9(18)10(19)8(17)6(15)4(13)2-11/h3-10,12-19H,1H3/t3-,4+,5-,6-,7+,8-,9-,10+/m1/s1. The molecule has 0 aromatic heterocycles. The van der Waals surface area contributed by atoms with Gasteiger partial charge in [-0.15, -0.1) is 0 Å². The molecule has 19 heavy (non-hydrogen) atoms. The van der Waals surface area contributed by atoms with Gasteiger partial charge in [0.2, 0.25) is 6.29 Å². The van der Waals surface area contributed by atoms with Crippen molar-refractivity contribution in [1.29, 1.82) is 0 Å². The Balaban J connectivity index is 4.71. The average molecular weight is 283 g/mol. The highest BCUT2D eigenvalue weighted by molar-refractivity contribution is 5.57. The molecule has 0 amide bonds. The second-order valence-electron chi connectivity index (χ2n) is 4.25. The average Bonchev–Trinajstić information content (AvgIpc) is 2.40. The molecule has 1 radical (unpaired) electrons. The van der Waals surface area contributed by atoms with Crippen molar-refractivity contribution in [2.45, 2.75) is 55.8 Å². The van der Waals surface area contributed by atoms with Crippen LogP contribution in [-0.4, -0.2) is 96.0 Å². The van der Waals surface area contributed by atoms with E-state index in [1.165, 1.54) is 0 Å². The molecule has 113 valence electrons. The molecule has 0 aliphatic rings. The second-order valence-corrected chi connectivity index (χ2v) is 4.25. The summed E-state index contributed by atoms with van der Waals surface area (Å²) in [6, 6.07) is 0. The van der Waals surface area contributed by atoms with Gasteiger partial charge in [-0.25, -0.2) is 0 Å². The van der Waals surface area contributed by atoms with Crippen LogP contribution in [0.2, 0.25) is 0 Å². The van der Waals surface area contributed by atoms with Gasteiger partial charge in [-0.1, -0.05) is 0 Å². The molecule has 0 aromatic rings. The Hall–Kier alpha value is -0.650. The lowest BCUT2D eigenvalue weighted by molar-refractivity contribution is -0.171. The van der Waals surface area contributed by atoms with Crippen molar-refractivity contribution in [3.63, 3.8) is 0 Å². The number of hydrogen-bond donors (Lipinski definition) is 8. The monoisotopic (exact) mass is 283 g/mol. The van der Waals surface area contributed by atoms with Gasteiger partial charge in [-0.3, -0.25) is 4.79 Å². The molecule has 0 heterocycles. The highest BCUT2D eigenvalue weighted by Crippen LogP contribution is 2.14. The smallest absolute Gasteiger partial charge is 0.232 e. The molecule has 0 saturated carbocycles. The van der Waals surface area contributed by atoms with Crippen molar-refractivity contribution in [2.75, 3.05) is 0 Å². The molecule has 0 aliphatic carbocycles. The van der Waals surface area contributed by atoms with E-state index in [0.29, 0.717) is 0 Å². The third-order valence-corrected chi connectivity index (χ3v) is 2.69. The summed E-state index contributed by atoms with van der Waals surface area (Å²) in [5.41, 5.74) is 0. The maximum atomic E-state index is 10.1. The van der Waals surface area contributed by atoms with Crippen LogP contribution >= 0.6 is 0 Å². The first-order chi connectivity index (χ1) is 8.64. The van der Waals surface area contributed by atoms with Crippen molar-refractivity contribution >= 4 is 6.29 Å². The van der Waals surface area contributed by atoms with Crippen LogP contribution in [0.15, 0.2) is 0 Å². The maximum Gasteiger partial charge on any atom is 0.232 e. The molecule has 0 fully saturated rings. The molecule has 9 heteroatoms. The highest BCUT2D eigenvalue weighted by atomic mass is 16.4. The van der Waals surface area contributed by atoms with Gasteiger partial charge in [-0.05, 0) is 6.92 Å². The third kappa shape index (κ3) is 4.75. The molecule has 0 rings (SSSR count). The highest BCUT2D eigenvalue weighted by Gasteiger charge is 2.40. The van der Waals surface area contributed by atoms with Gasteiger partial charge in [0.1, 0.15) is 42.7 Å². The third-order valence-electron chi connectivity index (χ3n) is 2.69. The first kappa shape index (κ1) is 18.4. The van der Waals surface area contributed by atoms with E-state index in [1.54, 1.807) is 0 Å². The minimum Gasteiger partial charge on any atom is -0.391 e. The first-order valence-electron chi connectivity index (χ1n) is 5.47. The summed E-state index contributed by atoms with van der Waals surface area (Å²) in [4.78, 5) is 10.1. The summed E-state index contributed by atoms with van der Waals surface area (Å²) in [5, 5.41) is 74.0. The van der Waals surface area contributed by atoms with Crippen molar-refractivity contribution in [1.82, 2.24) is 0 Å². The Morgan fingerprint density at radius 1 is 0.632 bits per heavy atom. The zero-order chi connectivity index (χ0) is 15.3. The molecule has 0 aromatic carbocycles. The Bertz CT molecular complexity index is 272. The van der Waals surface area contributed by atoms with Crippen LogP contribution in [0.5, 0.6) is 0 Å². The van der Waals surface area contributed by atoms with E-state index in [4.69, 9.17) is 10.2 Å². The van der Waals surface area contributed by atoms with Crippen LogP contribution < -0.4 is 0 Å². The van der Waals surface area contributed by atoms with Crippen LogP contribution in [-0.2, 0) is 4.79 Å². The number of rotatable bonds is 8. The van der Waals surface area contributed by atoms with E-state index in [1.807, 2.05) is 0 Å². The number of carbonyl (C=O) groups excluding carboxylic acids is 1. The normalized spacial score (nSPS) is 24.7. The second kappa shape index (κ2) is 7.82. The minimum absolute atomic E-state index is 0.961. The van der Waals surface area contributed by atoms with Gasteiger partial charge < -0.3 is 40.9 Å². The summed E-state index contributed by atoms with van der Waals surface area (Å²) in [5.74, 6) is 0. The SMILES string of the molecule is C[C@@H](O)[C@@H](O)[C@H](O)[C@@H](O)[C@@H](O)[C@H](O)[C@H](O)[C@@H](O)[C]=O. The van der Waals surface area contributed by atoms with Crippen molar-refractivity contribution in [2.24, 2.45) is 0 Å². The maximum absolute atomic E-state index is 10.1. The van der Waals surface area contributed by atoms with Crippen LogP contribution in [0.25, 0.3) is 0 Å². The Morgan fingerprint density at radius 3 is 1.26 bits per heavy atom. The van der Waals surface area contributed by atoms with E-state index < -0.39 is 48.8 Å². The van der Waals surface area contributed by atoms with E-state index in [2.05, 4.69) is 0 Å². The fourth-order valence-corrected chi connectivity index (χ4v) is 1.35. The fourth-order valence-electron chi connectivity index (χ4n) is 1.35. The van der Waals surface area contributed by atoms with Crippen LogP contribution in [0, 0.1) is 0 Å². The summed E-state index contributed by atoms with van der Waals surface area (Å²) < 4.78 is 0. The molecular weight excluding hydrogens is 264 g/mol. The molecule has 8 N–H and O–H groups in total. The Labute approximate surface area is 109 Å². The fraction of sp³-hybridized carbons (Fsp3) is 0.900. The quantitative estimate of drug-likeness (QED) is 0.216. The molecule has 0 aliphatic heterocycles. The van der Waals surface area contributed by atoms with Gasteiger partial charge in [-0.2, -0.15) is 0 Å². The first-order valence-corrected chi connectivity index (χ1v) is 5.47. The Morgan fingerprint density at radius 2 is 0.947 bits per heavy atom. The van der Waals surface area contributed by atoms with E-state index in [-0.39, 0.29) is 0 Å². The van der Waals surface area contributed by atoms with Gasteiger partial charge in [0.05, 0.1) is 6.10 Å². The number of aliphatic hydroxyl groups excluding tert-OH is 8. The molecule has 0 bridgehead atoms. The number of aliphatic hydroxyl groups is 8. The number of hydrogen-bond acceptors (Lipinski definition) is 9. The molecule has 9 nitrogen and oxygen atoms in total. The van der Waals surface area contributed by atoms with Crippen molar-refractivity contribution in [3.8, 4) is 0 Å². The summed E-state index contributed by atoms with van der Waals surface area (Å²) in [6.07, 6.45) is -15.0. The lowest BCUT2D eigenvalue weighted by Gasteiger charge is -2.32. The van der Waals surface area contributed by atoms with E-state index >= 15 is 0 Å². The van der Waals surface area contributed by atoms with E-state index in [0.717, 1.165) is 13.2 Å². The Kier molecular flexibility index (Phi) is 7.55. The minimum atomic E-state index is -2.18. The predicted molar refractivity (Wildman–Crippen MR) is 59.4 cm³/mol. The molecule has 0 spiro atoms. The lowest BCUT2D eigenvalue weighted by atomic mass is 9.93. The van der Waals surface area contributed by atoms with Crippen LogP contribution in [0.1, 0.15) is 6.92 Å². The predicted octanol–water partition coefficient (Wildman–Crippen LogP) is -5.00. The molecule has 0 saturated heterocycles. The van der Waals surface area contributed by atoms with Crippen molar-refractivity contribution in [3.05, 3.63) is 0 Å². The van der Waals surface area contributed by atoms with Gasteiger partial charge >= 0.3 is 0 Å². The zero-order valence-electron chi connectivity index (χ0n) is 10.1. The summed E-state index contributed by atoms with van der Waals surface area (Å²) >= 11 is 0. The topological polar surface area (TPSA) is 179 Å². The lowest BCUT2D eigenvalue weighted by Crippen LogP contribution is -2.55. The molecule has 0 unspecified atom stereocenters. The van der Waals surface area contributed by atoms with E-state index in [9.17, 15) is 35.4 Å². The zero-order valence-corrected chi connectivity index (χ0v) is 10.1. The van der Waals surface area contributed by atoms with Crippen LogP contribution in [0.4, 0.5) is 0 Å². The van der Waals surface area contributed by atoms with Gasteiger partial charge in [0.15, 0.2) is 0 Å². The molecular formula is C10H19O9. The summed E-state index contributed by atoms with van der Waals surface area (Å²) in [7, 11) is 0. The van der Waals surface area contributed by atoms with Gasteiger partial charge in [0.25, 0.3) is 0 Å². The van der Waals surface area contributed by atoms with Crippen LogP contribution in [0.3, 0.4) is 0 Å². The van der Waals surface area contributed by atoms with Crippen molar-refractivity contribution < 1.29 is 45.6 Å². The van der Waals surface area contributed by atoms with Gasteiger partial charge in [0, 0.05) is 0 Å².